The standard InChI is InChI=1S/C51H67F2N7O4/c1-28-6-8-41(52)38-20-43(57-46(28)38)49(64)56-35-15-30(16-37(19-35)59-12-10-50(11-13-59)24-45(62)54-27-50)14-32-7-9-42(53)39-21-44(58-47(32)39)48(63)55-34-4-3-5-36(18-34)60-25-31-17-40-33(26-60)23-51(40,22-31)29(2)61/h6-9,30-31,33-37,40,43-44,57-58H,3-5,10-27H2,1-2H3,(H,54,62)(H,55,63)(H,56,64)/t30?,31?,33?,34-,35-,36-,37+,40?,43?,44?,51?/m1/s1. The molecule has 13 heteroatoms. The third kappa shape index (κ3) is 7.61. The maximum Gasteiger partial charge on any atom is 0.243 e. The Hall–Kier alpha value is -4.10. The molecular formula is C51H67F2N7O4. The first-order chi connectivity index (χ1) is 30.8. The zero-order valence-electron chi connectivity index (χ0n) is 37.7. The van der Waals surface area contributed by atoms with Crippen LogP contribution in [-0.2, 0) is 38.4 Å². The number of rotatable bonds is 9. The minimum atomic E-state index is -0.546. The number of benzene rings is 2. The molecule has 2 aromatic carbocycles. The van der Waals surface area contributed by atoms with E-state index >= 15 is 4.39 Å². The monoisotopic (exact) mass is 880 g/mol. The number of piperidine rings is 1. The van der Waals surface area contributed by atoms with Crippen molar-refractivity contribution >= 4 is 34.9 Å². The number of Topliss-reactive ketones (excluding diaryl/α,β-unsaturated/α-hetero) is 1. The van der Waals surface area contributed by atoms with E-state index in [1.165, 1.54) is 12.5 Å². The van der Waals surface area contributed by atoms with Gasteiger partial charge in [-0.25, -0.2) is 8.78 Å². The molecule has 11 nitrogen and oxygen atoms in total. The molecule has 2 aromatic rings. The molecule has 9 aliphatic rings. The van der Waals surface area contributed by atoms with Crippen LogP contribution in [0.2, 0.25) is 0 Å². The first-order valence-electron chi connectivity index (χ1n) is 24.8. The molecule has 2 bridgehead atoms. The summed E-state index contributed by atoms with van der Waals surface area (Å²) >= 11 is 0. The van der Waals surface area contributed by atoms with Crippen molar-refractivity contribution in [2.24, 2.45) is 34.5 Å². The van der Waals surface area contributed by atoms with Crippen molar-refractivity contribution in [3.8, 4) is 0 Å². The average molecular weight is 880 g/mol. The Balaban J connectivity index is 0.748. The first-order valence-corrected chi connectivity index (χ1v) is 24.8. The summed E-state index contributed by atoms with van der Waals surface area (Å²) in [6.07, 6.45) is 13.7. The van der Waals surface area contributed by atoms with Gasteiger partial charge in [-0.2, -0.15) is 0 Å². The van der Waals surface area contributed by atoms with E-state index in [9.17, 15) is 23.6 Å². The predicted molar refractivity (Wildman–Crippen MR) is 241 cm³/mol. The first kappa shape index (κ1) is 42.5. The molecule has 1 spiro atoms. The Bertz CT molecular complexity index is 2190. The van der Waals surface area contributed by atoms with Gasteiger partial charge in [-0.05, 0) is 163 Å². The van der Waals surface area contributed by atoms with Crippen LogP contribution in [0.25, 0.3) is 0 Å². The fraction of sp³-hybridized carbons (Fsp3) is 0.686. The lowest BCUT2D eigenvalue weighted by atomic mass is 9.53. The van der Waals surface area contributed by atoms with Crippen molar-refractivity contribution in [1.29, 1.82) is 0 Å². The van der Waals surface area contributed by atoms with Gasteiger partial charge in [0.25, 0.3) is 0 Å². The zero-order valence-corrected chi connectivity index (χ0v) is 37.7. The molecule has 3 saturated heterocycles. The van der Waals surface area contributed by atoms with Crippen molar-refractivity contribution < 1.29 is 28.0 Å². The molecule has 4 saturated carbocycles. The predicted octanol–water partition coefficient (Wildman–Crippen LogP) is 5.81. The maximum absolute atomic E-state index is 15.7. The number of likely N-dealkylation sites (tertiary alicyclic amines) is 2. The van der Waals surface area contributed by atoms with E-state index in [1.54, 1.807) is 12.1 Å². The second-order valence-corrected chi connectivity index (χ2v) is 22.3. The fourth-order valence-electron chi connectivity index (χ4n) is 15.1. The summed E-state index contributed by atoms with van der Waals surface area (Å²) in [4.78, 5) is 58.1. The molecule has 4 aliphatic carbocycles. The van der Waals surface area contributed by atoms with E-state index < -0.39 is 12.1 Å². The molecule has 11 atom stereocenters. The Morgan fingerprint density at radius 1 is 0.797 bits per heavy atom. The van der Waals surface area contributed by atoms with E-state index in [0.717, 1.165) is 126 Å². The number of nitrogens with zero attached hydrogens (tertiary/aromatic N) is 2. The molecule has 7 fully saturated rings. The minimum Gasteiger partial charge on any atom is -0.373 e. The molecular weight excluding hydrogens is 813 g/mol. The third-order valence-corrected chi connectivity index (χ3v) is 18.4. The number of fused-ring (bicyclic) bond motifs is 3. The van der Waals surface area contributed by atoms with Crippen LogP contribution in [-0.4, -0.2) is 102 Å². The number of ketones is 1. The van der Waals surface area contributed by atoms with Gasteiger partial charge in [0.1, 0.15) is 29.5 Å². The number of carbonyl (C=O) groups excluding carboxylic acids is 4. The van der Waals surface area contributed by atoms with E-state index in [2.05, 4.69) is 36.4 Å². The van der Waals surface area contributed by atoms with E-state index in [4.69, 9.17) is 0 Å². The van der Waals surface area contributed by atoms with Gasteiger partial charge in [-0.3, -0.25) is 24.1 Å². The normalized spacial score (nSPS) is 36.2. The second-order valence-electron chi connectivity index (χ2n) is 22.3. The van der Waals surface area contributed by atoms with Crippen molar-refractivity contribution in [3.63, 3.8) is 0 Å². The second kappa shape index (κ2) is 16.3. The molecule has 5 N–H and O–H groups in total. The molecule has 11 rings (SSSR count). The summed E-state index contributed by atoms with van der Waals surface area (Å²) in [6.45, 7) is 8.42. The Kier molecular flexibility index (Phi) is 10.9. The van der Waals surface area contributed by atoms with Gasteiger partial charge in [0.2, 0.25) is 17.7 Å². The lowest BCUT2D eigenvalue weighted by molar-refractivity contribution is -0.143. The van der Waals surface area contributed by atoms with Crippen molar-refractivity contribution in [2.75, 3.05) is 43.4 Å². The Morgan fingerprint density at radius 2 is 1.50 bits per heavy atom. The van der Waals surface area contributed by atoms with Crippen LogP contribution < -0.4 is 26.6 Å². The highest BCUT2D eigenvalue weighted by molar-refractivity contribution is 5.89. The Labute approximate surface area is 376 Å². The van der Waals surface area contributed by atoms with Crippen LogP contribution in [0.4, 0.5) is 20.2 Å². The van der Waals surface area contributed by atoms with Gasteiger partial charge in [0, 0.05) is 91.0 Å². The van der Waals surface area contributed by atoms with Crippen LogP contribution >= 0.6 is 0 Å². The number of aryl methyl sites for hydroxylation is 1. The van der Waals surface area contributed by atoms with E-state index in [1.807, 2.05) is 19.9 Å². The van der Waals surface area contributed by atoms with Crippen LogP contribution in [0.5, 0.6) is 0 Å². The number of hydrogen-bond acceptors (Lipinski definition) is 8. The highest BCUT2D eigenvalue weighted by Crippen LogP contribution is 2.65. The van der Waals surface area contributed by atoms with Crippen LogP contribution in [0.15, 0.2) is 24.3 Å². The summed E-state index contributed by atoms with van der Waals surface area (Å²) < 4.78 is 30.5. The number of halogens is 2. The van der Waals surface area contributed by atoms with Gasteiger partial charge in [0.15, 0.2) is 0 Å². The topological polar surface area (TPSA) is 135 Å². The highest BCUT2D eigenvalue weighted by atomic mass is 19.1. The average Bonchev–Trinajstić information content (AvgIpc) is 4.05. The lowest BCUT2D eigenvalue weighted by Gasteiger charge is -2.53. The number of carbonyl (C=O) groups is 4. The van der Waals surface area contributed by atoms with E-state index in [0.29, 0.717) is 66.4 Å². The number of anilines is 2. The van der Waals surface area contributed by atoms with Crippen molar-refractivity contribution in [1.82, 2.24) is 25.8 Å². The smallest absolute Gasteiger partial charge is 0.243 e. The highest BCUT2D eigenvalue weighted by Gasteiger charge is 2.63. The van der Waals surface area contributed by atoms with Gasteiger partial charge in [0.05, 0.1) is 0 Å². The summed E-state index contributed by atoms with van der Waals surface area (Å²) in [7, 11) is 0. The SMILES string of the molecule is CC(=O)C12CC3CC1C(CN([C@@H]1CCC[C@@H](NC(=O)C4Cc5c(F)ccc(CC6C[C@@H](NC(=O)C7Cc8c(F)ccc(C)c8N7)C[C@@H](N7CCC8(CC7)CNC(=O)C8)C6)c5N4)C1)C3)C2. The van der Waals surface area contributed by atoms with Gasteiger partial charge in [-0.15, -0.1) is 0 Å². The molecule has 5 aliphatic heterocycles. The third-order valence-electron chi connectivity index (χ3n) is 18.4. The molecule has 0 aromatic heterocycles. The minimum absolute atomic E-state index is 0.0301. The van der Waals surface area contributed by atoms with Crippen molar-refractivity contribution in [2.45, 2.75) is 153 Å². The largest absolute Gasteiger partial charge is 0.373 e. The van der Waals surface area contributed by atoms with Gasteiger partial charge >= 0.3 is 0 Å². The van der Waals surface area contributed by atoms with Crippen LogP contribution in [0.3, 0.4) is 0 Å². The molecule has 0 radical (unpaired) electrons. The summed E-state index contributed by atoms with van der Waals surface area (Å²) in [5, 5.41) is 16.7. The quantitative estimate of drug-likeness (QED) is 0.213. The molecule has 64 heavy (non-hydrogen) atoms. The van der Waals surface area contributed by atoms with Crippen LogP contribution in [0, 0.1) is 53.1 Å². The van der Waals surface area contributed by atoms with Gasteiger partial charge in [-0.1, -0.05) is 12.1 Å². The number of nitrogens with one attached hydrogen (secondary N) is 5. The molecule has 7 unspecified atom stereocenters. The van der Waals surface area contributed by atoms with Crippen LogP contribution in [0.1, 0.15) is 113 Å². The van der Waals surface area contributed by atoms with E-state index in [-0.39, 0.29) is 64.2 Å². The molecule has 3 amide bonds. The Morgan fingerprint density at radius 3 is 2.22 bits per heavy atom. The summed E-state index contributed by atoms with van der Waals surface area (Å²) in [6, 6.07) is 6.22. The fourth-order valence-corrected chi connectivity index (χ4v) is 15.1. The molecule has 344 valence electrons. The summed E-state index contributed by atoms with van der Waals surface area (Å²) in [5.74, 6) is 1.75. The number of hydrogen-bond donors (Lipinski definition) is 5. The maximum atomic E-state index is 15.7. The molecule has 5 heterocycles. The lowest BCUT2D eigenvalue weighted by Crippen LogP contribution is -2.56. The van der Waals surface area contributed by atoms with Crippen molar-refractivity contribution in [3.05, 3.63) is 58.2 Å². The van der Waals surface area contributed by atoms with Gasteiger partial charge < -0.3 is 31.5 Å². The zero-order chi connectivity index (χ0) is 44.1. The number of amides is 3. The summed E-state index contributed by atoms with van der Waals surface area (Å²) in [5.41, 5.74) is 4.53.